The van der Waals surface area contributed by atoms with Gasteiger partial charge in [-0.05, 0) is 31.2 Å². The normalized spacial score (nSPS) is 14.9. The fourth-order valence-corrected chi connectivity index (χ4v) is 3.40. The van der Waals surface area contributed by atoms with Crippen molar-refractivity contribution in [3.63, 3.8) is 0 Å². The van der Waals surface area contributed by atoms with Crippen molar-refractivity contribution in [3.8, 4) is 17.2 Å². The number of hydrogen-bond donors (Lipinski definition) is 0. The summed E-state index contributed by atoms with van der Waals surface area (Å²) in [5, 5.41) is 0. The maximum Gasteiger partial charge on any atom is 0.340 e. The van der Waals surface area contributed by atoms with Gasteiger partial charge < -0.3 is 18.9 Å². The van der Waals surface area contributed by atoms with Crippen LogP contribution in [0.5, 0.6) is 17.2 Å². The second-order valence-corrected chi connectivity index (χ2v) is 6.43. The van der Waals surface area contributed by atoms with Gasteiger partial charge in [0, 0.05) is 17.3 Å². The van der Waals surface area contributed by atoms with Crippen LogP contribution < -0.4 is 19.1 Å². The summed E-state index contributed by atoms with van der Waals surface area (Å²) in [5.74, 6) is 0.644. The van der Waals surface area contributed by atoms with E-state index in [-0.39, 0.29) is 17.1 Å². The van der Waals surface area contributed by atoms with Gasteiger partial charge in [0.2, 0.25) is 0 Å². The van der Waals surface area contributed by atoms with E-state index in [0.717, 1.165) is 0 Å². The number of amides is 1. The highest BCUT2D eigenvalue weighted by molar-refractivity contribution is 6.24. The predicted octanol–water partition coefficient (Wildman–Crippen LogP) is 3.59. The molecule has 7 nitrogen and oxygen atoms in total. The van der Waals surface area contributed by atoms with Gasteiger partial charge in [-0.15, -0.1) is 0 Å². The van der Waals surface area contributed by atoms with Gasteiger partial charge >= 0.3 is 5.97 Å². The molecule has 1 amide bonds. The van der Waals surface area contributed by atoms with Crippen molar-refractivity contribution in [2.75, 3.05) is 33.3 Å². The Morgan fingerprint density at radius 3 is 2.20 bits per heavy atom. The molecule has 0 radical (unpaired) electrons. The van der Waals surface area contributed by atoms with Crippen molar-refractivity contribution in [2.45, 2.75) is 6.92 Å². The summed E-state index contributed by atoms with van der Waals surface area (Å²) in [6.45, 7) is 1.70. The molecule has 1 aliphatic heterocycles. The van der Waals surface area contributed by atoms with Gasteiger partial charge in [0.1, 0.15) is 5.75 Å². The minimum absolute atomic E-state index is 0.197. The van der Waals surface area contributed by atoms with E-state index < -0.39 is 5.97 Å². The summed E-state index contributed by atoms with van der Waals surface area (Å²) in [6, 6.07) is 12.4. The van der Waals surface area contributed by atoms with Gasteiger partial charge in [0.15, 0.2) is 11.5 Å². The molecule has 3 rings (SSSR count). The molecule has 0 fully saturated rings. The van der Waals surface area contributed by atoms with Gasteiger partial charge in [0.25, 0.3) is 5.91 Å². The van der Waals surface area contributed by atoms with Crippen molar-refractivity contribution in [2.24, 2.45) is 0 Å². The van der Waals surface area contributed by atoms with Crippen LogP contribution in [0.15, 0.2) is 59.3 Å². The fraction of sp³-hybridized carbons (Fsp3) is 0.217. The molecular formula is C23H23NO6. The number of nitrogens with zero attached hydrogens (tertiary/aromatic N) is 1. The molecule has 1 aliphatic rings. The molecule has 0 aromatic heterocycles. The molecule has 0 N–H and O–H groups in total. The van der Waals surface area contributed by atoms with E-state index in [4.69, 9.17) is 18.9 Å². The maximum atomic E-state index is 13.4. The minimum atomic E-state index is -0.593. The zero-order valence-corrected chi connectivity index (χ0v) is 17.5. The topological polar surface area (TPSA) is 74.3 Å². The Morgan fingerprint density at radius 1 is 0.900 bits per heavy atom. The Hall–Kier alpha value is -3.74. The molecule has 30 heavy (non-hydrogen) atoms. The summed E-state index contributed by atoms with van der Waals surface area (Å²) >= 11 is 0. The molecule has 2 aromatic carbocycles. The van der Waals surface area contributed by atoms with Crippen LogP contribution in [0, 0.1) is 0 Å². The first kappa shape index (κ1) is 21.0. The van der Waals surface area contributed by atoms with Crippen LogP contribution in [0.2, 0.25) is 0 Å². The standard InChI is InChI=1S/C23H23NO6/c1-14-21(23(26)30-5)17(12-15-8-6-7-9-18(15)27-2)22(25)24(14)16-10-11-19(28-3)20(13-16)29-4/h6-13H,1-5H3/b17-12-. The molecule has 0 bridgehead atoms. The third kappa shape index (κ3) is 3.61. The number of carbonyl (C=O) groups is 2. The first-order chi connectivity index (χ1) is 14.5. The smallest absolute Gasteiger partial charge is 0.340 e. The van der Waals surface area contributed by atoms with Gasteiger partial charge in [-0.2, -0.15) is 0 Å². The summed E-state index contributed by atoms with van der Waals surface area (Å²) in [5.41, 5.74) is 2.09. The first-order valence-electron chi connectivity index (χ1n) is 9.17. The van der Waals surface area contributed by atoms with Crippen LogP contribution in [0.3, 0.4) is 0 Å². The fourth-order valence-electron chi connectivity index (χ4n) is 3.40. The number of benzene rings is 2. The van der Waals surface area contributed by atoms with Gasteiger partial charge in [-0.25, -0.2) is 4.79 Å². The van der Waals surface area contributed by atoms with E-state index in [9.17, 15) is 9.59 Å². The molecule has 1 heterocycles. The van der Waals surface area contributed by atoms with Crippen LogP contribution >= 0.6 is 0 Å². The highest BCUT2D eigenvalue weighted by Gasteiger charge is 2.38. The number of carbonyl (C=O) groups excluding carboxylic acids is 2. The van der Waals surface area contributed by atoms with Crippen molar-refractivity contribution in [1.82, 2.24) is 0 Å². The number of allylic oxidation sites excluding steroid dienone is 1. The van der Waals surface area contributed by atoms with E-state index in [1.807, 2.05) is 18.2 Å². The van der Waals surface area contributed by atoms with Crippen molar-refractivity contribution in [3.05, 3.63) is 64.9 Å². The second-order valence-electron chi connectivity index (χ2n) is 6.43. The molecule has 2 aromatic rings. The molecule has 0 unspecified atom stereocenters. The lowest BCUT2D eigenvalue weighted by atomic mass is 10.0. The Balaban J connectivity index is 2.16. The third-order valence-corrected chi connectivity index (χ3v) is 4.85. The number of methoxy groups -OCH3 is 4. The zero-order chi connectivity index (χ0) is 21.8. The SMILES string of the molecule is COC(=O)C1=C(C)N(c2ccc(OC)c(OC)c2)C(=O)/C1=C\c1ccccc1OC. The Morgan fingerprint density at radius 2 is 1.57 bits per heavy atom. The highest BCUT2D eigenvalue weighted by atomic mass is 16.5. The number of para-hydroxylation sites is 1. The van der Waals surface area contributed by atoms with E-state index in [2.05, 4.69) is 0 Å². The molecule has 156 valence electrons. The number of hydrogen-bond acceptors (Lipinski definition) is 6. The quantitative estimate of drug-likeness (QED) is 0.536. The number of ether oxygens (including phenoxy) is 4. The lowest BCUT2D eigenvalue weighted by molar-refractivity contribution is -0.136. The predicted molar refractivity (Wildman–Crippen MR) is 113 cm³/mol. The molecular weight excluding hydrogens is 386 g/mol. The Bertz CT molecular complexity index is 1050. The van der Waals surface area contributed by atoms with E-state index in [0.29, 0.717) is 34.2 Å². The number of rotatable bonds is 6. The van der Waals surface area contributed by atoms with Crippen LogP contribution in [0.1, 0.15) is 12.5 Å². The van der Waals surface area contributed by atoms with E-state index in [1.165, 1.54) is 26.2 Å². The van der Waals surface area contributed by atoms with E-state index >= 15 is 0 Å². The summed E-state index contributed by atoms with van der Waals surface area (Å²) < 4.78 is 20.9. The van der Waals surface area contributed by atoms with Crippen molar-refractivity contribution >= 4 is 23.6 Å². The molecule has 0 saturated carbocycles. The minimum Gasteiger partial charge on any atom is -0.496 e. The largest absolute Gasteiger partial charge is 0.496 e. The molecule has 0 aliphatic carbocycles. The number of anilines is 1. The van der Waals surface area contributed by atoms with Crippen molar-refractivity contribution in [1.29, 1.82) is 0 Å². The van der Waals surface area contributed by atoms with Gasteiger partial charge in [0.05, 0.1) is 45.3 Å². The number of esters is 1. The Labute approximate surface area is 175 Å². The summed E-state index contributed by atoms with van der Waals surface area (Å²) in [6.07, 6.45) is 1.64. The van der Waals surface area contributed by atoms with Gasteiger partial charge in [-0.3, -0.25) is 9.69 Å². The average Bonchev–Trinajstić information content (AvgIpc) is 3.02. The Kier molecular flexibility index (Phi) is 6.11. The molecule has 7 heteroatoms. The summed E-state index contributed by atoms with van der Waals surface area (Å²) in [4.78, 5) is 27.4. The lowest BCUT2D eigenvalue weighted by Gasteiger charge is -2.19. The monoisotopic (exact) mass is 409 g/mol. The summed E-state index contributed by atoms with van der Waals surface area (Å²) in [7, 11) is 5.88. The maximum absolute atomic E-state index is 13.4. The molecule has 0 saturated heterocycles. The van der Waals surface area contributed by atoms with Crippen LogP contribution in [0.4, 0.5) is 5.69 Å². The zero-order valence-electron chi connectivity index (χ0n) is 17.5. The molecule has 0 spiro atoms. The third-order valence-electron chi connectivity index (χ3n) is 4.85. The first-order valence-corrected chi connectivity index (χ1v) is 9.17. The molecule has 0 atom stereocenters. The van der Waals surface area contributed by atoms with Gasteiger partial charge in [-0.1, -0.05) is 18.2 Å². The van der Waals surface area contributed by atoms with Crippen LogP contribution in [-0.4, -0.2) is 40.3 Å². The second kappa shape index (κ2) is 8.73. The van der Waals surface area contributed by atoms with Crippen molar-refractivity contribution < 1.29 is 28.5 Å². The van der Waals surface area contributed by atoms with E-state index in [1.54, 1.807) is 44.4 Å². The lowest BCUT2D eigenvalue weighted by Crippen LogP contribution is -2.24. The van der Waals surface area contributed by atoms with Crippen LogP contribution in [0.25, 0.3) is 6.08 Å². The highest BCUT2D eigenvalue weighted by Crippen LogP contribution is 2.39. The van der Waals surface area contributed by atoms with Crippen LogP contribution in [-0.2, 0) is 14.3 Å². The average molecular weight is 409 g/mol.